The van der Waals surface area contributed by atoms with Crippen LogP contribution in [0, 0.1) is 13.8 Å². The van der Waals surface area contributed by atoms with Crippen molar-refractivity contribution < 1.29 is 9.53 Å². The maximum atomic E-state index is 12.3. The van der Waals surface area contributed by atoms with Gasteiger partial charge in [0.1, 0.15) is 5.75 Å². The third kappa shape index (κ3) is 4.88. The summed E-state index contributed by atoms with van der Waals surface area (Å²) in [5, 5.41) is 3.56. The van der Waals surface area contributed by atoms with Crippen LogP contribution in [0.15, 0.2) is 28.2 Å². The fourth-order valence-corrected chi connectivity index (χ4v) is 3.22. The Balaban J connectivity index is 2.04. The molecule has 6 nitrogen and oxygen atoms in total. The fraction of sp³-hybridized carbons (Fsp3) is 0.421. The van der Waals surface area contributed by atoms with Gasteiger partial charge in [0, 0.05) is 23.2 Å². The number of nitrogens with one attached hydrogen (secondary N) is 2. The third-order valence-corrected chi connectivity index (χ3v) is 4.81. The van der Waals surface area contributed by atoms with Gasteiger partial charge in [-0.05, 0) is 39.5 Å². The van der Waals surface area contributed by atoms with Crippen molar-refractivity contribution in [2.45, 2.75) is 44.8 Å². The zero-order chi connectivity index (χ0) is 19.3. The predicted octanol–water partition coefficient (Wildman–Crippen LogP) is 2.93. The van der Waals surface area contributed by atoms with Crippen molar-refractivity contribution in [3.05, 3.63) is 50.9 Å². The van der Waals surface area contributed by atoms with E-state index in [1.165, 1.54) is 11.8 Å². The van der Waals surface area contributed by atoms with Crippen LogP contribution in [0.3, 0.4) is 0 Å². The first kappa shape index (κ1) is 20.0. The van der Waals surface area contributed by atoms with E-state index in [0.717, 1.165) is 16.9 Å². The van der Waals surface area contributed by atoms with E-state index in [4.69, 9.17) is 4.74 Å². The van der Waals surface area contributed by atoms with Gasteiger partial charge in [-0.2, -0.15) is 0 Å². The molecule has 1 unspecified atom stereocenters. The van der Waals surface area contributed by atoms with Gasteiger partial charge in [-0.3, -0.25) is 9.59 Å². The summed E-state index contributed by atoms with van der Waals surface area (Å²) in [6.45, 7) is 5.71. The van der Waals surface area contributed by atoms with Crippen LogP contribution in [-0.4, -0.2) is 29.2 Å². The minimum absolute atomic E-state index is 0.117. The molecule has 0 aliphatic rings. The van der Waals surface area contributed by atoms with E-state index in [0.29, 0.717) is 22.8 Å². The summed E-state index contributed by atoms with van der Waals surface area (Å²) in [7, 11) is 1.61. The highest BCUT2D eigenvalue weighted by molar-refractivity contribution is 7.98. The van der Waals surface area contributed by atoms with Crippen LogP contribution < -0.4 is 15.6 Å². The number of H-pyrrole nitrogens is 1. The number of benzene rings is 1. The Hall–Kier alpha value is -2.28. The second kappa shape index (κ2) is 8.89. The number of hydrogen-bond acceptors (Lipinski definition) is 5. The zero-order valence-electron chi connectivity index (χ0n) is 15.8. The Labute approximate surface area is 157 Å². The van der Waals surface area contributed by atoms with Crippen LogP contribution in [0.2, 0.25) is 0 Å². The summed E-state index contributed by atoms with van der Waals surface area (Å²) in [5.41, 5.74) is 3.07. The second-order valence-electron chi connectivity index (χ2n) is 6.17. The summed E-state index contributed by atoms with van der Waals surface area (Å²) in [6, 6.07) is 5.68. The Morgan fingerprint density at radius 3 is 2.73 bits per heavy atom. The van der Waals surface area contributed by atoms with Crippen LogP contribution in [0.4, 0.5) is 0 Å². The number of aromatic amines is 1. The number of hydrogen-bond donors (Lipinski definition) is 2. The van der Waals surface area contributed by atoms with Crippen molar-refractivity contribution in [1.82, 2.24) is 15.3 Å². The van der Waals surface area contributed by atoms with Crippen molar-refractivity contribution in [2.75, 3.05) is 13.4 Å². The molecule has 0 aliphatic carbocycles. The lowest BCUT2D eigenvalue weighted by Crippen LogP contribution is -2.28. The van der Waals surface area contributed by atoms with E-state index in [-0.39, 0.29) is 23.9 Å². The van der Waals surface area contributed by atoms with Crippen LogP contribution in [0.1, 0.15) is 41.8 Å². The number of methoxy groups -OCH3 is 1. The summed E-state index contributed by atoms with van der Waals surface area (Å²) in [6.07, 6.45) is 2.43. The first-order valence-electron chi connectivity index (χ1n) is 8.43. The van der Waals surface area contributed by atoms with E-state index in [1.807, 2.05) is 38.3 Å². The lowest BCUT2D eigenvalue weighted by atomic mass is 10.0. The monoisotopic (exact) mass is 375 g/mol. The molecule has 1 aromatic carbocycles. The van der Waals surface area contributed by atoms with Crippen molar-refractivity contribution in [1.29, 1.82) is 0 Å². The van der Waals surface area contributed by atoms with Crippen molar-refractivity contribution in [3.8, 4) is 5.75 Å². The van der Waals surface area contributed by atoms with Gasteiger partial charge in [0.25, 0.3) is 5.56 Å². The Morgan fingerprint density at radius 2 is 2.12 bits per heavy atom. The fourth-order valence-electron chi connectivity index (χ4n) is 2.80. The van der Waals surface area contributed by atoms with E-state index in [1.54, 1.807) is 14.0 Å². The molecule has 2 rings (SSSR count). The van der Waals surface area contributed by atoms with Gasteiger partial charge in [-0.15, -0.1) is 0 Å². The second-order valence-corrected chi connectivity index (χ2v) is 6.97. The number of thioether (sulfide) groups is 1. The molecule has 0 bridgehead atoms. The number of nitrogens with zero attached hydrogens (tertiary/aromatic N) is 1. The molecule has 2 N–H and O–H groups in total. The maximum Gasteiger partial charge on any atom is 0.254 e. The van der Waals surface area contributed by atoms with E-state index in [9.17, 15) is 9.59 Å². The van der Waals surface area contributed by atoms with Gasteiger partial charge in [0.05, 0.1) is 13.2 Å². The highest BCUT2D eigenvalue weighted by Gasteiger charge is 2.16. The lowest BCUT2D eigenvalue weighted by molar-refractivity contribution is -0.121. The predicted molar refractivity (Wildman–Crippen MR) is 104 cm³/mol. The maximum absolute atomic E-state index is 12.3. The van der Waals surface area contributed by atoms with Gasteiger partial charge >= 0.3 is 0 Å². The molecular weight excluding hydrogens is 350 g/mol. The SMILES string of the molecule is COc1ccc(C)cc1C(C)NC(=O)CCc1c(C)nc(SC)[nH]c1=O. The van der Waals surface area contributed by atoms with Crippen LogP contribution >= 0.6 is 11.8 Å². The van der Waals surface area contributed by atoms with Crippen molar-refractivity contribution in [2.24, 2.45) is 0 Å². The highest BCUT2D eigenvalue weighted by atomic mass is 32.2. The zero-order valence-corrected chi connectivity index (χ0v) is 16.6. The molecule has 26 heavy (non-hydrogen) atoms. The number of carbonyl (C=O) groups is 1. The van der Waals surface area contributed by atoms with E-state index < -0.39 is 0 Å². The van der Waals surface area contributed by atoms with Gasteiger partial charge in [-0.1, -0.05) is 29.5 Å². The van der Waals surface area contributed by atoms with Crippen molar-refractivity contribution >= 4 is 17.7 Å². The largest absolute Gasteiger partial charge is 0.496 e. The number of aromatic nitrogens is 2. The molecule has 140 valence electrons. The van der Waals surface area contributed by atoms with Crippen LogP contribution in [0.5, 0.6) is 5.75 Å². The Morgan fingerprint density at radius 1 is 1.38 bits per heavy atom. The number of ether oxygens (including phenoxy) is 1. The molecule has 1 amide bonds. The number of aryl methyl sites for hydroxylation is 2. The van der Waals surface area contributed by atoms with Crippen molar-refractivity contribution in [3.63, 3.8) is 0 Å². The molecule has 1 aromatic heterocycles. The number of rotatable bonds is 7. The smallest absolute Gasteiger partial charge is 0.254 e. The molecule has 0 fully saturated rings. The molecule has 0 spiro atoms. The third-order valence-electron chi connectivity index (χ3n) is 4.23. The topological polar surface area (TPSA) is 84.1 Å². The molecule has 0 saturated carbocycles. The molecule has 0 radical (unpaired) electrons. The first-order valence-corrected chi connectivity index (χ1v) is 9.65. The first-order chi connectivity index (χ1) is 12.3. The summed E-state index contributed by atoms with van der Waals surface area (Å²) in [4.78, 5) is 31.5. The molecule has 7 heteroatoms. The quantitative estimate of drug-likeness (QED) is 0.574. The number of amides is 1. The van der Waals surface area contributed by atoms with Crippen LogP contribution in [-0.2, 0) is 11.2 Å². The average Bonchev–Trinajstić information content (AvgIpc) is 2.60. The minimum Gasteiger partial charge on any atom is -0.496 e. The minimum atomic E-state index is -0.186. The average molecular weight is 375 g/mol. The van der Waals surface area contributed by atoms with Gasteiger partial charge < -0.3 is 15.0 Å². The van der Waals surface area contributed by atoms with E-state index >= 15 is 0 Å². The molecule has 1 atom stereocenters. The summed E-state index contributed by atoms with van der Waals surface area (Å²) < 4.78 is 5.38. The van der Waals surface area contributed by atoms with Gasteiger partial charge in [0.15, 0.2) is 5.16 Å². The number of carbonyl (C=O) groups excluding carboxylic acids is 1. The van der Waals surface area contributed by atoms with Gasteiger partial charge in [0.2, 0.25) is 5.91 Å². The standard InChI is InChI=1S/C19H25N3O3S/c1-11-6-8-16(25-4)15(10-11)13(3)20-17(23)9-7-14-12(2)21-19(26-5)22-18(14)24/h6,8,10,13H,7,9H2,1-5H3,(H,20,23)(H,21,22,24). The summed E-state index contributed by atoms with van der Waals surface area (Å²) >= 11 is 1.38. The van der Waals surface area contributed by atoms with E-state index in [2.05, 4.69) is 15.3 Å². The molecule has 2 aromatic rings. The normalized spacial score (nSPS) is 11.9. The molecule has 1 heterocycles. The van der Waals surface area contributed by atoms with Gasteiger partial charge in [-0.25, -0.2) is 4.98 Å². The van der Waals surface area contributed by atoms with Crippen LogP contribution in [0.25, 0.3) is 0 Å². The molecule has 0 saturated heterocycles. The lowest BCUT2D eigenvalue weighted by Gasteiger charge is -2.18. The molecule has 0 aliphatic heterocycles. The Bertz CT molecular complexity index is 848. The summed E-state index contributed by atoms with van der Waals surface area (Å²) in [5.74, 6) is 0.626. The Kier molecular flexibility index (Phi) is 6.85. The highest BCUT2D eigenvalue weighted by Crippen LogP contribution is 2.26. The molecular formula is C19H25N3O3S.